The minimum atomic E-state index is -3.70. The molecule has 1 aliphatic heterocycles. The molecule has 2 atom stereocenters. The lowest BCUT2D eigenvalue weighted by Crippen LogP contribution is -2.42. The van der Waals surface area contributed by atoms with Gasteiger partial charge in [-0.3, -0.25) is 4.90 Å². The zero-order chi connectivity index (χ0) is 20.3. The Morgan fingerprint density at radius 2 is 2.00 bits per heavy atom. The van der Waals surface area contributed by atoms with E-state index in [2.05, 4.69) is 24.0 Å². The summed E-state index contributed by atoms with van der Waals surface area (Å²) in [5.74, 6) is 0. The number of likely N-dealkylation sites (N-methyl/N-ethyl adjacent to an activating group) is 1. The highest BCUT2D eigenvalue weighted by Gasteiger charge is 2.36. The summed E-state index contributed by atoms with van der Waals surface area (Å²) in [6.07, 6.45) is 0.781. The number of hydrogen-bond acceptors (Lipinski definition) is 4. The first-order valence-electron chi connectivity index (χ1n) is 9.39. The lowest BCUT2D eigenvalue weighted by molar-refractivity contribution is 0.239. The van der Waals surface area contributed by atoms with Crippen LogP contribution in [0.4, 0.5) is 0 Å². The second-order valence-corrected chi connectivity index (χ2v) is 9.28. The molecule has 2 aromatic carbocycles. The van der Waals surface area contributed by atoms with Gasteiger partial charge in [-0.25, -0.2) is 8.42 Å². The summed E-state index contributed by atoms with van der Waals surface area (Å²) in [6.45, 7) is 5.91. The Bertz CT molecular complexity index is 973. The molecule has 3 rings (SSSR count). The van der Waals surface area contributed by atoms with Gasteiger partial charge in [-0.1, -0.05) is 48.9 Å². The molecule has 7 heteroatoms. The third-order valence-corrected chi connectivity index (χ3v) is 7.76. The van der Waals surface area contributed by atoms with Crippen LogP contribution >= 0.6 is 11.6 Å². The highest BCUT2D eigenvalue weighted by Crippen LogP contribution is 2.30. The van der Waals surface area contributed by atoms with Crippen LogP contribution < -0.4 is 0 Å². The molecule has 2 aromatic rings. The van der Waals surface area contributed by atoms with E-state index in [1.54, 1.807) is 4.31 Å². The molecule has 0 aromatic heterocycles. The van der Waals surface area contributed by atoms with Gasteiger partial charge in [0.25, 0.3) is 0 Å². The maximum atomic E-state index is 13.2. The van der Waals surface area contributed by atoms with Crippen LogP contribution in [0.2, 0.25) is 5.02 Å². The number of hydrogen-bond donors (Lipinski definition) is 0. The number of likely N-dealkylation sites (tertiary alicyclic amines) is 1. The molecule has 1 fully saturated rings. The normalized spacial score (nSPS) is 18.9. The molecule has 0 spiro atoms. The first-order valence-corrected chi connectivity index (χ1v) is 11.2. The predicted octanol–water partition coefficient (Wildman–Crippen LogP) is 4.06. The molecular formula is C21H24ClN3O2S. The molecule has 1 saturated heterocycles. The molecule has 0 bridgehead atoms. The molecule has 148 valence electrons. The summed E-state index contributed by atoms with van der Waals surface area (Å²) in [7, 11) is -3.70. The number of rotatable bonds is 6. The highest BCUT2D eigenvalue weighted by molar-refractivity contribution is 7.89. The maximum Gasteiger partial charge on any atom is 0.243 e. The molecule has 0 amide bonds. The Labute approximate surface area is 172 Å². The molecule has 0 aliphatic carbocycles. The lowest BCUT2D eigenvalue weighted by Gasteiger charge is -2.29. The number of nitriles is 1. The van der Waals surface area contributed by atoms with Gasteiger partial charge in [0.15, 0.2) is 0 Å². The van der Waals surface area contributed by atoms with Gasteiger partial charge < -0.3 is 0 Å². The van der Waals surface area contributed by atoms with Gasteiger partial charge in [0.05, 0.1) is 15.5 Å². The van der Waals surface area contributed by atoms with Gasteiger partial charge >= 0.3 is 0 Å². The Morgan fingerprint density at radius 3 is 2.64 bits per heavy atom. The van der Waals surface area contributed by atoms with E-state index < -0.39 is 10.0 Å². The van der Waals surface area contributed by atoms with Gasteiger partial charge in [-0.05, 0) is 37.1 Å². The van der Waals surface area contributed by atoms with Crippen molar-refractivity contribution in [1.29, 1.82) is 5.26 Å². The summed E-state index contributed by atoms with van der Waals surface area (Å²) in [4.78, 5) is 2.44. The molecule has 1 aliphatic rings. The van der Waals surface area contributed by atoms with Crippen molar-refractivity contribution in [3.8, 4) is 6.07 Å². The highest BCUT2D eigenvalue weighted by atomic mass is 35.5. The van der Waals surface area contributed by atoms with Crippen molar-refractivity contribution in [2.75, 3.05) is 19.6 Å². The van der Waals surface area contributed by atoms with Crippen molar-refractivity contribution >= 4 is 21.6 Å². The van der Waals surface area contributed by atoms with Crippen LogP contribution in [0.5, 0.6) is 0 Å². The third-order valence-electron chi connectivity index (χ3n) is 5.41. The number of benzene rings is 2. The average molecular weight is 418 g/mol. The van der Waals surface area contributed by atoms with Crippen molar-refractivity contribution in [3.63, 3.8) is 0 Å². The van der Waals surface area contributed by atoms with E-state index in [0.29, 0.717) is 13.1 Å². The molecule has 0 N–H and O–H groups in total. The molecule has 1 heterocycles. The monoisotopic (exact) mass is 417 g/mol. The standard InChI is InChI=1S/C21H24ClN3O2S/c1-3-25(28(26,27)20-9-10-21(22)18(13-20)14-23)19-11-12-24(15-19)16(2)17-7-5-4-6-8-17/h4-10,13,16,19H,3,11-12,15H2,1-2H3. The first kappa shape index (κ1) is 20.8. The summed E-state index contributed by atoms with van der Waals surface area (Å²) in [6, 6.07) is 16.6. The molecule has 0 radical (unpaired) electrons. The van der Waals surface area contributed by atoms with Crippen molar-refractivity contribution in [2.45, 2.75) is 37.2 Å². The molecule has 0 saturated carbocycles. The number of halogens is 1. The van der Waals surface area contributed by atoms with Gasteiger partial charge in [0, 0.05) is 31.7 Å². The smallest absolute Gasteiger partial charge is 0.243 e. The first-order chi connectivity index (χ1) is 13.4. The predicted molar refractivity (Wildman–Crippen MR) is 111 cm³/mol. The van der Waals surface area contributed by atoms with E-state index in [9.17, 15) is 13.7 Å². The van der Waals surface area contributed by atoms with Crippen molar-refractivity contribution in [3.05, 3.63) is 64.7 Å². The quantitative estimate of drug-likeness (QED) is 0.711. The van der Waals surface area contributed by atoms with Crippen molar-refractivity contribution in [2.24, 2.45) is 0 Å². The fourth-order valence-corrected chi connectivity index (χ4v) is 5.65. The van der Waals surface area contributed by atoms with Crippen LogP contribution in [0.3, 0.4) is 0 Å². The SMILES string of the molecule is CCN(C1CCN(C(C)c2ccccc2)C1)S(=O)(=O)c1ccc(Cl)c(C#N)c1. The summed E-state index contributed by atoms with van der Waals surface area (Å²) in [5, 5.41) is 9.43. The van der Waals surface area contributed by atoms with Crippen LogP contribution in [0.15, 0.2) is 53.4 Å². The Hall–Kier alpha value is -1.91. The van der Waals surface area contributed by atoms with Gasteiger partial charge in [-0.15, -0.1) is 0 Å². The van der Waals surface area contributed by atoms with E-state index in [0.717, 1.165) is 13.0 Å². The summed E-state index contributed by atoms with van der Waals surface area (Å²) >= 11 is 5.96. The Kier molecular flexibility index (Phi) is 6.41. The lowest BCUT2D eigenvalue weighted by atomic mass is 10.1. The zero-order valence-corrected chi connectivity index (χ0v) is 17.6. The number of sulfonamides is 1. The fraction of sp³-hybridized carbons (Fsp3) is 0.381. The van der Waals surface area contributed by atoms with Crippen LogP contribution in [-0.2, 0) is 10.0 Å². The van der Waals surface area contributed by atoms with Crippen molar-refractivity contribution in [1.82, 2.24) is 9.21 Å². The van der Waals surface area contributed by atoms with Crippen LogP contribution in [-0.4, -0.2) is 43.3 Å². The van der Waals surface area contributed by atoms with Gasteiger partial charge in [0.2, 0.25) is 10.0 Å². The van der Waals surface area contributed by atoms with Crippen LogP contribution in [0.25, 0.3) is 0 Å². The molecule has 28 heavy (non-hydrogen) atoms. The van der Waals surface area contributed by atoms with E-state index in [4.69, 9.17) is 11.6 Å². The molecule has 5 nitrogen and oxygen atoms in total. The maximum absolute atomic E-state index is 13.2. The van der Waals surface area contributed by atoms with Gasteiger partial charge in [-0.2, -0.15) is 9.57 Å². The Morgan fingerprint density at radius 1 is 1.29 bits per heavy atom. The Balaban J connectivity index is 1.81. The summed E-state index contributed by atoms with van der Waals surface area (Å²) < 4.78 is 28.0. The summed E-state index contributed by atoms with van der Waals surface area (Å²) in [5.41, 5.74) is 1.40. The average Bonchev–Trinajstić information content (AvgIpc) is 3.18. The van der Waals surface area contributed by atoms with Crippen LogP contribution in [0.1, 0.15) is 37.4 Å². The topological polar surface area (TPSA) is 64.4 Å². The van der Waals surface area contributed by atoms with E-state index in [-0.39, 0.29) is 27.6 Å². The van der Waals surface area contributed by atoms with Crippen LogP contribution in [0, 0.1) is 11.3 Å². The molecule has 2 unspecified atom stereocenters. The zero-order valence-electron chi connectivity index (χ0n) is 16.0. The largest absolute Gasteiger partial charge is 0.295 e. The minimum Gasteiger partial charge on any atom is -0.295 e. The third kappa shape index (κ3) is 4.08. The molecular weight excluding hydrogens is 394 g/mol. The van der Waals surface area contributed by atoms with E-state index in [1.165, 1.54) is 23.8 Å². The van der Waals surface area contributed by atoms with E-state index in [1.807, 2.05) is 31.2 Å². The van der Waals surface area contributed by atoms with Gasteiger partial charge in [0.1, 0.15) is 6.07 Å². The minimum absolute atomic E-state index is 0.0950. The van der Waals surface area contributed by atoms with E-state index >= 15 is 0 Å². The second-order valence-electron chi connectivity index (χ2n) is 6.99. The second kappa shape index (κ2) is 8.62. The fourth-order valence-electron chi connectivity index (χ4n) is 3.81. The van der Waals surface area contributed by atoms with Crippen molar-refractivity contribution < 1.29 is 8.42 Å². The number of nitrogens with zero attached hydrogens (tertiary/aromatic N) is 3.